The van der Waals surface area contributed by atoms with Crippen molar-refractivity contribution >= 4 is 11.6 Å². The fourth-order valence-electron chi connectivity index (χ4n) is 2.41. The van der Waals surface area contributed by atoms with E-state index in [4.69, 9.17) is 16.7 Å². The molecule has 2 rings (SSSR count). The molecule has 1 heterocycles. The van der Waals surface area contributed by atoms with Gasteiger partial charge in [0, 0.05) is 18.3 Å². The van der Waals surface area contributed by atoms with Gasteiger partial charge in [-0.1, -0.05) is 62.7 Å². The Kier molecular flexibility index (Phi) is 5.57. The van der Waals surface area contributed by atoms with Gasteiger partial charge in [0.25, 0.3) is 0 Å². The van der Waals surface area contributed by atoms with E-state index in [1.165, 1.54) is 5.56 Å². The van der Waals surface area contributed by atoms with Gasteiger partial charge in [-0.2, -0.15) is 0 Å². The Bertz CT molecular complexity index is 605. The van der Waals surface area contributed by atoms with Crippen molar-refractivity contribution in [3.05, 3.63) is 64.4 Å². The minimum atomic E-state index is -0.0811. The summed E-state index contributed by atoms with van der Waals surface area (Å²) in [6.07, 6.45) is 1.68. The van der Waals surface area contributed by atoms with Crippen LogP contribution in [0, 0.1) is 0 Å². The number of halogens is 1. The van der Waals surface area contributed by atoms with Crippen molar-refractivity contribution in [3.63, 3.8) is 0 Å². The molecule has 2 aromatic rings. The number of aliphatic hydroxyl groups excluding tert-OH is 1. The lowest BCUT2D eigenvalue weighted by Crippen LogP contribution is -2.26. The van der Waals surface area contributed by atoms with Crippen LogP contribution in [-0.2, 0) is 5.41 Å². The molecule has 0 radical (unpaired) electrons. The highest BCUT2D eigenvalue weighted by Crippen LogP contribution is 2.29. The van der Waals surface area contributed by atoms with Gasteiger partial charge in [0.2, 0.25) is 0 Å². The van der Waals surface area contributed by atoms with Crippen LogP contribution in [0.15, 0.2) is 42.6 Å². The van der Waals surface area contributed by atoms with Crippen molar-refractivity contribution in [2.45, 2.75) is 32.2 Å². The Morgan fingerprint density at radius 1 is 1.18 bits per heavy atom. The van der Waals surface area contributed by atoms with Crippen molar-refractivity contribution < 1.29 is 5.11 Å². The average Bonchev–Trinajstić information content (AvgIpc) is 2.49. The van der Waals surface area contributed by atoms with Crippen molar-refractivity contribution in [2.75, 3.05) is 13.2 Å². The molecule has 0 amide bonds. The van der Waals surface area contributed by atoms with Crippen LogP contribution in [0.5, 0.6) is 0 Å². The quantitative estimate of drug-likeness (QED) is 0.826. The Labute approximate surface area is 137 Å². The molecule has 1 aromatic carbocycles. The van der Waals surface area contributed by atoms with E-state index in [0.29, 0.717) is 11.7 Å². The first-order valence-electron chi connectivity index (χ1n) is 7.48. The van der Waals surface area contributed by atoms with Crippen LogP contribution < -0.4 is 5.32 Å². The normalized spacial score (nSPS) is 13.1. The van der Waals surface area contributed by atoms with Crippen LogP contribution >= 0.6 is 11.6 Å². The first kappa shape index (κ1) is 16.9. The zero-order valence-corrected chi connectivity index (χ0v) is 14.1. The van der Waals surface area contributed by atoms with Crippen LogP contribution in [0.25, 0.3) is 0 Å². The molecular formula is C18H23ClN2O. The van der Waals surface area contributed by atoms with Crippen molar-refractivity contribution in [3.8, 4) is 0 Å². The maximum absolute atomic E-state index is 9.12. The first-order chi connectivity index (χ1) is 10.4. The van der Waals surface area contributed by atoms with Crippen LogP contribution in [-0.4, -0.2) is 23.2 Å². The summed E-state index contributed by atoms with van der Waals surface area (Å²) in [5, 5.41) is 12.9. The summed E-state index contributed by atoms with van der Waals surface area (Å²) in [5.74, 6) is 0. The highest BCUT2D eigenvalue weighted by molar-refractivity contribution is 6.30. The number of rotatable bonds is 5. The van der Waals surface area contributed by atoms with Gasteiger partial charge < -0.3 is 10.4 Å². The number of nitrogens with zero attached hydrogens (tertiary/aromatic N) is 1. The molecule has 2 N–H and O–H groups in total. The third kappa shape index (κ3) is 4.07. The van der Waals surface area contributed by atoms with Gasteiger partial charge in [-0.3, -0.25) is 0 Å². The van der Waals surface area contributed by atoms with E-state index in [9.17, 15) is 0 Å². The molecule has 118 valence electrons. The maximum Gasteiger partial charge on any atom is 0.134 e. The predicted molar refractivity (Wildman–Crippen MR) is 91.3 cm³/mol. The molecule has 0 aliphatic carbocycles. The molecule has 0 fully saturated rings. The van der Waals surface area contributed by atoms with E-state index < -0.39 is 0 Å². The number of benzene rings is 1. The van der Waals surface area contributed by atoms with Crippen LogP contribution in [0.2, 0.25) is 5.15 Å². The molecule has 1 atom stereocenters. The van der Waals surface area contributed by atoms with E-state index in [1.807, 2.05) is 12.1 Å². The fourth-order valence-corrected chi connectivity index (χ4v) is 2.63. The van der Waals surface area contributed by atoms with E-state index in [1.54, 1.807) is 6.20 Å². The van der Waals surface area contributed by atoms with Gasteiger partial charge in [-0.15, -0.1) is 0 Å². The van der Waals surface area contributed by atoms with E-state index in [2.05, 4.69) is 55.3 Å². The molecular weight excluding hydrogens is 296 g/mol. The predicted octanol–water partition coefficient (Wildman–Crippen LogP) is 3.70. The summed E-state index contributed by atoms with van der Waals surface area (Å²) in [6, 6.07) is 12.3. The SMILES string of the molecule is CC(C)(C)c1ccc(C(NCCO)c2cccnc2Cl)cc1. The smallest absolute Gasteiger partial charge is 0.134 e. The third-order valence-corrected chi connectivity index (χ3v) is 3.99. The second-order valence-electron chi connectivity index (χ2n) is 6.37. The van der Waals surface area contributed by atoms with Gasteiger partial charge in [-0.25, -0.2) is 4.98 Å². The number of aliphatic hydroxyl groups is 1. The van der Waals surface area contributed by atoms with Crippen molar-refractivity contribution in [1.82, 2.24) is 10.3 Å². The van der Waals surface area contributed by atoms with Gasteiger partial charge in [0.05, 0.1) is 12.6 Å². The molecule has 3 nitrogen and oxygen atoms in total. The summed E-state index contributed by atoms with van der Waals surface area (Å²) < 4.78 is 0. The monoisotopic (exact) mass is 318 g/mol. The number of pyridine rings is 1. The Morgan fingerprint density at radius 3 is 2.41 bits per heavy atom. The number of aromatic nitrogens is 1. The van der Waals surface area contributed by atoms with Gasteiger partial charge in [-0.05, 0) is 22.6 Å². The molecule has 0 spiro atoms. The summed E-state index contributed by atoms with van der Waals surface area (Å²) >= 11 is 6.24. The van der Waals surface area contributed by atoms with Gasteiger partial charge >= 0.3 is 0 Å². The lowest BCUT2D eigenvalue weighted by atomic mass is 9.86. The van der Waals surface area contributed by atoms with Crippen molar-refractivity contribution in [1.29, 1.82) is 0 Å². The molecule has 4 heteroatoms. The molecule has 0 saturated carbocycles. The van der Waals surface area contributed by atoms with E-state index in [0.717, 1.165) is 11.1 Å². The van der Waals surface area contributed by atoms with Gasteiger partial charge in [0.15, 0.2) is 0 Å². The van der Waals surface area contributed by atoms with E-state index in [-0.39, 0.29) is 18.1 Å². The molecule has 1 aromatic heterocycles. The lowest BCUT2D eigenvalue weighted by Gasteiger charge is -2.23. The standard InChI is InChI=1S/C18H23ClN2O/c1-18(2,3)14-8-6-13(7-9-14)16(20-11-12-22)15-5-4-10-21-17(15)19/h4-10,16,20,22H,11-12H2,1-3H3. The summed E-state index contributed by atoms with van der Waals surface area (Å²) in [7, 11) is 0. The Morgan fingerprint density at radius 2 is 1.86 bits per heavy atom. The highest BCUT2D eigenvalue weighted by Gasteiger charge is 2.18. The first-order valence-corrected chi connectivity index (χ1v) is 7.86. The second-order valence-corrected chi connectivity index (χ2v) is 6.72. The van der Waals surface area contributed by atoms with E-state index >= 15 is 0 Å². The molecule has 0 bridgehead atoms. The third-order valence-electron chi connectivity index (χ3n) is 3.67. The summed E-state index contributed by atoms with van der Waals surface area (Å²) in [5.41, 5.74) is 3.44. The maximum atomic E-state index is 9.12. The average molecular weight is 319 g/mol. The highest BCUT2D eigenvalue weighted by atomic mass is 35.5. The Hall–Kier alpha value is -1.42. The van der Waals surface area contributed by atoms with Crippen LogP contribution in [0.1, 0.15) is 43.5 Å². The minimum absolute atomic E-state index is 0.0778. The second kappa shape index (κ2) is 7.23. The molecule has 0 aliphatic heterocycles. The van der Waals surface area contributed by atoms with Crippen LogP contribution in [0.4, 0.5) is 0 Å². The summed E-state index contributed by atoms with van der Waals surface area (Å²) in [6.45, 7) is 7.16. The van der Waals surface area contributed by atoms with Gasteiger partial charge in [0.1, 0.15) is 5.15 Å². The minimum Gasteiger partial charge on any atom is -0.395 e. The fraction of sp³-hybridized carbons (Fsp3) is 0.389. The number of hydrogen-bond donors (Lipinski definition) is 2. The Balaban J connectivity index is 2.36. The topological polar surface area (TPSA) is 45.1 Å². The molecule has 22 heavy (non-hydrogen) atoms. The zero-order valence-electron chi connectivity index (χ0n) is 13.3. The molecule has 1 unspecified atom stereocenters. The largest absolute Gasteiger partial charge is 0.395 e. The number of hydrogen-bond acceptors (Lipinski definition) is 3. The zero-order chi connectivity index (χ0) is 16.2. The number of nitrogens with one attached hydrogen (secondary N) is 1. The van der Waals surface area contributed by atoms with Crippen LogP contribution in [0.3, 0.4) is 0 Å². The lowest BCUT2D eigenvalue weighted by molar-refractivity contribution is 0.288. The van der Waals surface area contributed by atoms with Crippen molar-refractivity contribution in [2.24, 2.45) is 0 Å². The molecule has 0 saturated heterocycles. The summed E-state index contributed by atoms with van der Waals surface area (Å²) in [4.78, 5) is 4.15. The molecule has 0 aliphatic rings.